The number of piperazine rings is 1. The molecule has 1 fully saturated rings. The summed E-state index contributed by atoms with van der Waals surface area (Å²) in [6.07, 6.45) is 0.463. The first-order valence-electron chi connectivity index (χ1n) is 9.52. The molecule has 1 aliphatic heterocycles. The van der Waals surface area contributed by atoms with Crippen LogP contribution >= 0.6 is 11.3 Å². The van der Waals surface area contributed by atoms with E-state index in [2.05, 4.69) is 9.88 Å². The maximum atomic E-state index is 13.2. The number of thiazole rings is 1. The smallest absolute Gasteiger partial charge is 0.282 e. The Labute approximate surface area is 176 Å². The highest BCUT2D eigenvalue weighted by molar-refractivity contribution is 7.17. The molecule has 0 bridgehead atoms. The minimum atomic E-state index is -0.331. The molecule has 1 amide bonds. The van der Waals surface area contributed by atoms with Gasteiger partial charge in [-0.05, 0) is 33.0 Å². The summed E-state index contributed by atoms with van der Waals surface area (Å²) in [6.45, 7) is 6.26. The first-order valence-corrected chi connectivity index (χ1v) is 10.3. The van der Waals surface area contributed by atoms with Crippen molar-refractivity contribution in [3.63, 3.8) is 0 Å². The number of phenolic OH excluding ortho intramolecular Hbond substituents is 1. The number of carbonyl (C=O) groups is 2. The van der Waals surface area contributed by atoms with Gasteiger partial charge in [0.2, 0.25) is 5.43 Å². The van der Waals surface area contributed by atoms with Crippen LogP contribution in [0.5, 0.6) is 5.75 Å². The molecule has 8 nitrogen and oxygen atoms in total. The molecule has 3 aromatic rings. The third-order valence-corrected chi connectivity index (χ3v) is 6.53. The summed E-state index contributed by atoms with van der Waals surface area (Å²) in [5.74, 6) is -0.0909. The van der Waals surface area contributed by atoms with Crippen LogP contribution in [0.25, 0.3) is 21.4 Å². The van der Waals surface area contributed by atoms with Crippen molar-refractivity contribution < 1.29 is 19.1 Å². The minimum absolute atomic E-state index is 0.0483. The standard InChI is InChI=1S/C21H21N3O5S/c1-11-19(30-20(22-11)21(28)24-8-6-23(3)7-9-24)16-12(2)29-18-13(17(16)27)4-5-15(26)14(18)10-25/h4-5,10,26H,6-9H2,1-3H3. The van der Waals surface area contributed by atoms with Gasteiger partial charge in [0.25, 0.3) is 5.91 Å². The molecule has 1 aliphatic rings. The van der Waals surface area contributed by atoms with Crippen molar-refractivity contribution in [2.24, 2.45) is 0 Å². The van der Waals surface area contributed by atoms with Crippen LogP contribution in [0.1, 0.15) is 31.6 Å². The molecule has 3 heterocycles. The van der Waals surface area contributed by atoms with E-state index in [1.807, 2.05) is 7.05 Å². The number of likely N-dealkylation sites (N-methyl/N-ethyl adjacent to an activating group) is 1. The molecule has 156 valence electrons. The second-order valence-electron chi connectivity index (χ2n) is 7.38. The Morgan fingerprint density at radius 2 is 1.93 bits per heavy atom. The van der Waals surface area contributed by atoms with E-state index in [0.717, 1.165) is 13.1 Å². The molecule has 2 aromatic heterocycles. The fourth-order valence-corrected chi connectivity index (χ4v) is 4.74. The molecule has 0 spiro atoms. The average molecular weight is 427 g/mol. The van der Waals surface area contributed by atoms with E-state index in [0.29, 0.717) is 46.3 Å². The van der Waals surface area contributed by atoms with Crippen LogP contribution in [0.2, 0.25) is 0 Å². The fourth-order valence-electron chi connectivity index (χ4n) is 3.62. The van der Waals surface area contributed by atoms with E-state index in [-0.39, 0.29) is 33.6 Å². The molecule has 0 saturated carbocycles. The van der Waals surface area contributed by atoms with Gasteiger partial charge in [0.1, 0.15) is 11.5 Å². The maximum absolute atomic E-state index is 13.2. The lowest BCUT2D eigenvalue weighted by molar-refractivity contribution is 0.0663. The van der Waals surface area contributed by atoms with Crippen LogP contribution in [0.15, 0.2) is 21.3 Å². The van der Waals surface area contributed by atoms with Crippen LogP contribution in [-0.4, -0.2) is 65.3 Å². The molecule has 0 radical (unpaired) electrons. The Kier molecular flexibility index (Phi) is 5.17. The summed E-state index contributed by atoms with van der Waals surface area (Å²) in [7, 11) is 2.02. The van der Waals surface area contributed by atoms with Crippen molar-refractivity contribution in [2.75, 3.05) is 33.2 Å². The van der Waals surface area contributed by atoms with Crippen LogP contribution in [0.3, 0.4) is 0 Å². The Morgan fingerprint density at radius 1 is 1.23 bits per heavy atom. The number of aromatic hydroxyl groups is 1. The topological polar surface area (TPSA) is 104 Å². The summed E-state index contributed by atoms with van der Waals surface area (Å²) in [6, 6.07) is 2.73. The molecule has 1 saturated heterocycles. The summed E-state index contributed by atoms with van der Waals surface area (Å²) >= 11 is 1.17. The predicted molar refractivity (Wildman–Crippen MR) is 114 cm³/mol. The zero-order valence-corrected chi connectivity index (χ0v) is 17.7. The fraction of sp³-hybridized carbons (Fsp3) is 0.333. The average Bonchev–Trinajstić information content (AvgIpc) is 3.09. The number of aldehydes is 1. The molecule has 0 unspecified atom stereocenters. The van der Waals surface area contributed by atoms with Crippen LogP contribution in [0.4, 0.5) is 0 Å². The molecular weight excluding hydrogens is 406 g/mol. The summed E-state index contributed by atoms with van der Waals surface area (Å²) < 4.78 is 5.77. The number of hydrogen-bond acceptors (Lipinski definition) is 8. The molecular formula is C21H21N3O5S. The number of aromatic nitrogens is 1. The number of carbonyl (C=O) groups excluding carboxylic acids is 2. The van der Waals surface area contributed by atoms with E-state index in [4.69, 9.17) is 4.42 Å². The Bertz CT molecular complexity index is 1220. The number of aryl methyl sites for hydroxylation is 2. The van der Waals surface area contributed by atoms with Crippen LogP contribution < -0.4 is 5.43 Å². The second kappa shape index (κ2) is 7.66. The zero-order valence-electron chi connectivity index (χ0n) is 16.9. The highest BCUT2D eigenvalue weighted by Crippen LogP contribution is 2.34. The van der Waals surface area contributed by atoms with E-state index >= 15 is 0 Å². The third-order valence-electron chi connectivity index (χ3n) is 5.37. The minimum Gasteiger partial charge on any atom is -0.507 e. The van der Waals surface area contributed by atoms with Gasteiger partial charge in [-0.15, -0.1) is 11.3 Å². The lowest BCUT2D eigenvalue weighted by Crippen LogP contribution is -2.47. The monoisotopic (exact) mass is 427 g/mol. The second-order valence-corrected chi connectivity index (χ2v) is 8.38. The quantitative estimate of drug-likeness (QED) is 0.640. The molecule has 1 aromatic carbocycles. The van der Waals surface area contributed by atoms with Crippen molar-refractivity contribution in [1.82, 2.24) is 14.8 Å². The molecule has 30 heavy (non-hydrogen) atoms. The lowest BCUT2D eigenvalue weighted by Gasteiger charge is -2.31. The molecule has 4 rings (SSSR count). The van der Waals surface area contributed by atoms with E-state index in [1.54, 1.807) is 18.7 Å². The first kappa shape index (κ1) is 20.2. The first-order chi connectivity index (χ1) is 14.3. The van der Waals surface area contributed by atoms with Crippen LogP contribution in [0, 0.1) is 13.8 Å². The number of benzene rings is 1. The number of rotatable bonds is 3. The van der Waals surface area contributed by atoms with E-state index < -0.39 is 0 Å². The van der Waals surface area contributed by atoms with E-state index in [1.165, 1.54) is 23.5 Å². The Balaban J connectivity index is 1.80. The van der Waals surface area contributed by atoms with Gasteiger partial charge in [-0.3, -0.25) is 14.4 Å². The highest BCUT2D eigenvalue weighted by atomic mass is 32.1. The summed E-state index contributed by atoms with van der Waals surface area (Å²) in [4.78, 5) is 46.4. The van der Waals surface area contributed by atoms with Gasteiger partial charge in [-0.1, -0.05) is 0 Å². The van der Waals surface area contributed by atoms with E-state index in [9.17, 15) is 19.5 Å². The number of nitrogens with zero attached hydrogens (tertiary/aromatic N) is 3. The SMILES string of the molecule is Cc1nc(C(=O)N2CCN(C)CC2)sc1-c1c(C)oc2c(C=O)c(O)ccc2c1=O. The molecule has 9 heteroatoms. The molecule has 1 N–H and O–H groups in total. The number of fused-ring (bicyclic) bond motifs is 1. The zero-order chi connectivity index (χ0) is 21.6. The maximum Gasteiger partial charge on any atom is 0.282 e. The van der Waals surface area contributed by atoms with Gasteiger partial charge in [0.05, 0.1) is 27.1 Å². The van der Waals surface area contributed by atoms with Gasteiger partial charge in [-0.25, -0.2) is 4.98 Å². The number of phenols is 1. The van der Waals surface area contributed by atoms with Crippen molar-refractivity contribution >= 4 is 34.5 Å². The normalized spacial score (nSPS) is 15.0. The van der Waals surface area contributed by atoms with Gasteiger partial charge < -0.3 is 19.3 Å². The number of amides is 1. The summed E-state index contributed by atoms with van der Waals surface area (Å²) in [5.41, 5.74) is 0.541. The molecule has 0 aliphatic carbocycles. The van der Waals surface area contributed by atoms with Gasteiger partial charge in [-0.2, -0.15) is 0 Å². The lowest BCUT2D eigenvalue weighted by atomic mass is 10.1. The van der Waals surface area contributed by atoms with Crippen molar-refractivity contribution in [2.45, 2.75) is 13.8 Å². The van der Waals surface area contributed by atoms with Crippen molar-refractivity contribution in [1.29, 1.82) is 0 Å². The van der Waals surface area contributed by atoms with Crippen molar-refractivity contribution in [3.05, 3.63) is 44.4 Å². The Morgan fingerprint density at radius 3 is 2.60 bits per heavy atom. The predicted octanol–water partition coefficient (Wildman–Crippen LogP) is 2.44. The van der Waals surface area contributed by atoms with Gasteiger partial charge in [0, 0.05) is 26.2 Å². The third kappa shape index (κ3) is 3.29. The van der Waals surface area contributed by atoms with Crippen LogP contribution in [-0.2, 0) is 0 Å². The van der Waals surface area contributed by atoms with Gasteiger partial charge >= 0.3 is 0 Å². The van der Waals surface area contributed by atoms with Crippen molar-refractivity contribution in [3.8, 4) is 16.2 Å². The Hall–Kier alpha value is -3.04. The largest absolute Gasteiger partial charge is 0.507 e. The summed E-state index contributed by atoms with van der Waals surface area (Å²) in [5, 5.41) is 10.4. The highest BCUT2D eigenvalue weighted by Gasteiger charge is 2.26. The number of hydrogen-bond donors (Lipinski definition) is 1. The molecule has 0 atom stereocenters. The van der Waals surface area contributed by atoms with Gasteiger partial charge in [0.15, 0.2) is 16.9 Å².